The molecule has 1 aliphatic rings. The quantitative estimate of drug-likeness (QED) is 0.723. The van der Waals surface area contributed by atoms with Gasteiger partial charge in [0.1, 0.15) is 5.75 Å². The minimum atomic E-state index is 0.391. The molecule has 4 heteroatoms. The normalized spacial score (nSPS) is 17.3. The average Bonchev–Trinajstić information content (AvgIpc) is 2.88. The van der Waals surface area contributed by atoms with Crippen molar-refractivity contribution < 1.29 is 4.74 Å². The number of nitrogens with one attached hydrogen (secondary N) is 1. The predicted molar refractivity (Wildman–Crippen MR) is 93.5 cm³/mol. The van der Waals surface area contributed by atoms with E-state index in [1.807, 2.05) is 23.5 Å². The van der Waals surface area contributed by atoms with E-state index in [0.29, 0.717) is 6.04 Å². The molecule has 0 bridgehead atoms. The highest BCUT2D eigenvalue weighted by Crippen LogP contribution is 2.40. The van der Waals surface area contributed by atoms with E-state index < -0.39 is 0 Å². The van der Waals surface area contributed by atoms with Crippen LogP contribution in [0.4, 0.5) is 5.69 Å². The van der Waals surface area contributed by atoms with Crippen LogP contribution < -0.4 is 10.1 Å². The number of hydrogen-bond donors (Lipinski definition) is 1. The molecule has 1 atom stereocenters. The van der Waals surface area contributed by atoms with E-state index in [2.05, 4.69) is 46.4 Å². The zero-order valence-electron chi connectivity index (χ0n) is 12.2. The van der Waals surface area contributed by atoms with Crippen LogP contribution in [0.25, 0.3) is 0 Å². The number of anilines is 1. The van der Waals surface area contributed by atoms with Crippen LogP contribution in [0.15, 0.2) is 34.1 Å². The van der Waals surface area contributed by atoms with Crippen LogP contribution in [0.3, 0.4) is 0 Å². The van der Waals surface area contributed by atoms with E-state index in [-0.39, 0.29) is 0 Å². The molecule has 1 aliphatic carbocycles. The smallest absolute Gasteiger partial charge is 0.142 e. The lowest BCUT2D eigenvalue weighted by atomic mass is 9.94. The molecule has 0 amide bonds. The largest absolute Gasteiger partial charge is 0.491 e. The van der Waals surface area contributed by atoms with Crippen molar-refractivity contribution in [2.24, 2.45) is 0 Å². The first-order valence-electron chi connectivity index (χ1n) is 7.54. The highest BCUT2D eigenvalue weighted by molar-refractivity contribution is 9.11. The van der Waals surface area contributed by atoms with Crippen LogP contribution in [0, 0.1) is 0 Å². The molecule has 21 heavy (non-hydrogen) atoms. The summed E-state index contributed by atoms with van der Waals surface area (Å²) in [6, 6.07) is 10.9. The Bertz CT molecular complexity index is 611. The summed E-state index contributed by atoms with van der Waals surface area (Å²) in [4.78, 5) is 1.51. The Labute approximate surface area is 138 Å². The number of ether oxygens (including phenoxy) is 1. The number of hydrogen-bond acceptors (Lipinski definition) is 3. The molecule has 1 N–H and O–H groups in total. The minimum Gasteiger partial charge on any atom is -0.491 e. The van der Waals surface area contributed by atoms with Gasteiger partial charge in [-0.1, -0.05) is 19.1 Å². The second-order valence-corrected chi connectivity index (χ2v) is 7.88. The highest BCUT2D eigenvalue weighted by Gasteiger charge is 2.23. The number of aryl methyl sites for hydroxylation is 1. The molecule has 3 rings (SSSR count). The van der Waals surface area contributed by atoms with Crippen LogP contribution >= 0.6 is 27.3 Å². The first-order chi connectivity index (χ1) is 10.3. The molecule has 0 saturated carbocycles. The summed E-state index contributed by atoms with van der Waals surface area (Å²) in [5.74, 6) is 0.959. The fourth-order valence-corrected chi connectivity index (χ4v) is 4.60. The van der Waals surface area contributed by atoms with Crippen molar-refractivity contribution in [3.8, 4) is 5.75 Å². The van der Waals surface area contributed by atoms with Gasteiger partial charge in [-0.2, -0.15) is 0 Å². The third-order valence-electron chi connectivity index (χ3n) is 3.76. The predicted octanol–water partition coefficient (Wildman–Crippen LogP) is 5.79. The number of para-hydroxylation sites is 2. The van der Waals surface area contributed by atoms with Crippen molar-refractivity contribution in [3.05, 3.63) is 44.6 Å². The second-order valence-electron chi connectivity index (χ2n) is 5.36. The molecule has 0 saturated heterocycles. The third-order valence-corrected chi connectivity index (χ3v) is 5.48. The van der Waals surface area contributed by atoms with Crippen LogP contribution in [0.2, 0.25) is 0 Å². The third kappa shape index (κ3) is 3.43. The molecule has 0 radical (unpaired) electrons. The van der Waals surface area contributed by atoms with E-state index in [9.17, 15) is 0 Å². The maximum absolute atomic E-state index is 5.85. The van der Waals surface area contributed by atoms with Gasteiger partial charge in [0, 0.05) is 4.88 Å². The Kier molecular flexibility index (Phi) is 4.86. The summed E-state index contributed by atoms with van der Waals surface area (Å²) in [6.07, 6.45) is 4.66. The number of halogens is 1. The van der Waals surface area contributed by atoms with Gasteiger partial charge in [-0.15, -0.1) is 11.3 Å². The van der Waals surface area contributed by atoms with Gasteiger partial charge < -0.3 is 10.1 Å². The topological polar surface area (TPSA) is 21.3 Å². The summed E-state index contributed by atoms with van der Waals surface area (Å²) in [6.45, 7) is 2.89. The van der Waals surface area contributed by atoms with Crippen LogP contribution in [-0.2, 0) is 6.42 Å². The first kappa shape index (κ1) is 14.9. The van der Waals surface area contributed by atoms with Crippen LogP contribution in [0.1, 0.15) is 42.7 Å². The summed E-state index contributed by atoms with van der Waals surface area (Å²) < 4.78 is 7.08. The lowest BCUT2D eigenvalue weighted by molar-refractivity contribution is 0.318. The Hall–Kier alpha value is -1.00. The average molecular weight is 366 g/mol. The maximum Gasteiger partial charge on any atom is 0.142 e. The highest BCUT2D eigenvalue weighted by atomic mass is 79.9. The van der Waals surface area contributed by atoms with Gasteiger partial charge in [0.05, 0.1) is 22.1 Å². The monoisotopic (exact) mass is 365 g/mol. The van der Waals surface area contributed by atoms with Crippen molar-refractivity contribution in [2.45, 2.75) is 38.6 Å². The van der Waals surface area contributed by atoms with E-state index in [1.165, 1.54) is 33.5 Å². The molecule has 0 fully saturated rings. The molecule has 0 spiro atoms. The van der Waals surface area contributed by atoms with Crippen molar-refractivity contribution in [2.75, 3.05) is 11.9 Å². The van der Waals surface area contributed by atoms with Gasteiger partial charge >= 0.3 is 0 Å². The summed E-state index contributed by atoms with van der Waals surface area (Å²) in [5.41, 5.74) is 2.55. The van der Waals surface area contributed by atoms with Gasteiger partial charge in [0.2, 0.25) is 0 Å². The molecule has 0 aliphatic heterocycles. The molecule has 1 heterocycles. The standard InChI is InChI=1S/C17H20BrNOS/c1-2-10-20-15-8-4-3-6-14(15)19-13-7-5-9-16-12(13)11-17(18)21-16/h3-4,6,8,11,13,19H,2,5,7,9-10H2,1H3. The minimum absolute atomic E-state index is 0.391. The van der Waals surface area contributed by atoms with Gasteiger partial charge in [-0.25, -0.2) is 0 Å². The number of fused-ring (bicyclic) bond motifs is 1. The van der Waals surface area contributed by atoms with Crippen molar-refractivity contribution in [1.82, 2.24) is 0 Å². The van der Waals surface area contributed by atoms with E-state index in [0.717, 1.165) is 24.5 Å². The molecule has 1 unspecified atom stereocenters. The van der Waals surface area contributed by atoms with Crippen molar-refractivity contribution in [1.29, 1.82) is 0 Å². The molecule has 2 aromatic rings. The summed E-state index contributed by atoms with van der Waals surface area (Å²) in [5, 5.41) is 3.69. The van der Waals surface area contributed by atoms with Gasteiger partial charge in [-0.05, 0) is 65.4 Å². The number of thiophene rings is 1. The number of benzene rings is 1. The lowest BCUT2D eigenvalue weighted by Gasteiger charge is -2.25. The zero-order chi connectivity index (χ0) is 14.7. The summed E-state index contributed by atoms with van der Waals surface area (Å²) >= 11 is 5.49. The van der Waals surface area contributed by atoms with Crippen LogP contribution in [0.5, 0.6) is 5.75 Å². The van der Waals surface area contributed by atoms with Crippen molar-refractivity contribution >= 4 is 33.0 Å². The Balaban J connectivity index is 1.81. The molecule has 112 valence electrons. The van der Waals surface area contributed by atoms with Gasteiger partial charge in [-0.3, -0.25) is 0 Å². The van der Waals surface area contributed by atoms with Gasteiger partial charge in [0.25, 0.3) is 0 Å². The second kappa shape index (κ2) is 6.84. The van der Waals surface area contributed by atoms with Crippen LogP contribution in [-0.4, -0.2) is 6.61 Å². The van der Waals surface area contributed by atoms with E-state index in [1.54, 1.807) is 0 Å². The fraction of sp³-hybridized carbons (Fsp3) is 0.412. The SMILES string of the molecule is CCCOc1ccccc1NC1CCCc2sc(Br)cc21. The Morgan fingerprint density at radius 1 is 1.38 bits per heavy atom. The van der Waals surface area contributed by atoms with Crippen molar-refractivity contribution in [3.63, 3.8) is 0 Å². The van der Waals surface area contributed by atoms with E-state index >= 15 is 0 Å². The fourth-order valence-electron chi connectivity index (χ4n) is 2.78. The molecule has 2 nitrogen and oxygen atoms in total. The molecular formula is C17H20BrNOS. The van der Waals surface area contributed by atoms with E-state index in [4.69, 9.17) is 4.74 Å². The Morgan fingerprint density at radius 3 is 3.10 bits per heavy atom. The summed E-state index contributed by atoms with van der Waals surface area (Å²) in [7, 11) is 0. The van der Waals surface area contributed by atoms with Gasteiger partial charge in [0.15, 0.2) is 0 Å². The maximum atomic E-state index is 5.85. The molecular weight excluding hydrogens is 346 g/mol. The molecule has 1 aromatic carbocycles. The first-order valence-corrected chi connectivity index (χ1v) is 9.15. The molecule has 1 aromatic heterocycles. The lowest BCUT2D eigenvalue weighted by Crippen LogP contribution is -2.16. The Morgan fingerprint density at radius 2 is 2.24 bits per heavy atom. The number of rotatable bonds is 5. The zero-order valence-corrected chi connectivity index (χ0v) is 14.6.